The van der Waals surface area contributed by atoms with Gasteiger partial charge in [0.25, 0.3) is 0 Å². The molecule has 0 aromatic carbocycles. The van der Waals surface area contributed by atoms with E-state index in [9.17, 15) is 4.79 Å². The summed E-state index contributed by atoms with van der Waals surface area (Å²) in [5.41, 5.74) is 2.87. The molecule has 0 aromatic rings. The Kier molecular flexibility index (Phi) is 4.60. The van der Waals surface area contributed by atoms with Crippen LogP contribution in [0.5, 0.6) is 0 Å². The molecule has 0 amide bonds. The van der Waals surface area contributed by atoms with Gasteiger partial charge in [-0.05, 0) is 60.8 Å². The molecule has 0 bridgehead atoms. The average molecular weight is 286 g/mol. The summed E-state index contributed by atoms with van der Waals surface area (Å²) in [7, 11) is 0. The van der Waals surface area contributed by atoms with Crippen LogP contribution in [-0.2, 0) is 4.79 Å². The molecule has 0 N–H and O–H groups in total. The largest absolute Gasteiger partial charge is 0.298 e. The third kappa shape index (κ3) is 2.93. The first-order valence-electron chi connectivity index (χ1n) is 8.29. The molecule has 2 rings (SSSR count). The van der Waals surface area contributed by atoms with Crippen molar-refractivity contribution in [3.63, 3.8) is 0 Å². The second-order valence-corrected chi connectivity index (χ2v) is 7.90. The van der Waals surface area contributed by atoms with Gasteiger partial charge < -0.3 is 0 Å². The SMILES string of the molecule is C=C/C(C)=C/C[C@H]1C(C=O)=CC[C@@H]2C(C)(C)CCC[C@@]21C. The van der Waals surface area contributed by atoms with Crippen molar-refractivity contribution in [3.05, 3.63) is 36.0 Å². The van der Waals surface area contributed by atoms with Gasteiger partial charge in [0.15, 0.2) is 0 Å². The molecule has 3 atom stereocenters. The summed E-state index contributed by atoms with van der Waals surface area (Å²) >= 11 is 0. The summed E-state index contributed by atoms with van der Waals surface area (Å²) in [4.78, 5) is 11.6. The molecule has 0 radical (unpaired) electrons. The predicted octanol–water partition coefficient (Wildman–Crippen LogP) is 5.49. The first kappa shape index (κ1) is 16.3. The minimum atomic E-state index is 0.255. The number of carbonyl (C=O) groups excluding carboxylic acids is 1. The smallest absolute Gasteiger partial charge is 0.146 e. The van der Waals surface area contributed by atoms with Crippen molar-refractivity contribution >= 4 is 6.29 Å². The van der Waals surface area contributed by atoms with E-state index in [1.807, 2.05) is 6.08 Å². The fraction of sp³-hybridized carbons (Fsp3) is 0.650. The number of aldehydes is 1. The molecule has 0 aliphatic heterocycles. The van der Waals surface area contributed by atoms with E-state index in [4.69, 9.17) is 0 Å². The van der Waals surface area contributed by atoms with Crippen LogP contribution < -0.4 is 0 Å². The van der Waals surface area contributed by atoms with Crippen LogP contribution in [0.4, 0.5) is 0 Å². The number of rotatable bonds is 4. The molecule has 21 heavy (non-hydrogen) atoms. The van der Waals surface area contributed by atoms with Crippen LogP contribution in [0.2, 0.25) is 0 Å². The Labute approximate surface area is 130 Å². The minimum Gasteiger partial charge on any atom is -0.298 e. The van der Waals surface area contributed by atoms with E-state index in [0.717, 1.165) is 24.7 Å². The van der Waals surface area contributed by atoms with Gasteiger partial charge >= 0.3 is 0 Å². The van der Waals surface area contributed by atoms with Gasteiger partial charge in [-0.25, -0.2) is 0 Å². The Morgan fingerprint density at radius 1 is 1.38 bits per heavy atom. The van der Waals surface area contributed by atoms with Crippen molar-refractivity contribution in [2.75, 3.05) is 0 Å². The fourth-order valence-electron chi connectivity index (χ4n) is 4.87. The van der Waals surface area contributed by atoms with E-state index >= 15 is 0 Å². The van der Waals surface area contributed by atoms with Crippen molar-refractivity contribution < 1.29 is 4.79 Å². The molecule has 2 aliphatic carbocycles. The summed E-state index contributed by atoms with van der Waals surface area (Å²) in [6.07, 6.45) is 13.3. The number of allylic oxidation sites excluding steroid dienone is 5. The van der Waals surface area contributed by atoms with Crippen LogP contribution in [0.15, 0.2) is 36.0 Å². The first-order valence-corrected chi connectivity index (χ1v) is 8.29. The van der Waals surface area contributed by atoms with Gasteiger partial charge in [-0.2, -0.15) is 0 Å². The molecule has 1 nitrogen and oxygen atoms in total. The Morgan fingerprint density at radius 3 is 2.71 bits per heavy atom. The second kappa shape index (κ2) is 5.94. The summed E-state index contributed by atoms with van der Waals surface area (Å²) in [6.45, 7) is 13.2. The van der Waals surface area contributed by atoms with Gasteiger partial charge in [-0.15, -0.1) is 0 Å². The second-order valence-electron chi connectivity index (χ2n) is 7.90. The number of fused-ring (bicyclic) bond motifs is 1. The molecule has 1 saturated carbocycles. The quantitative estimate of drug-likeness (QED) is 0.493. The molecule has 0 unspecified atom stereocenters. The molecule has 2 aliphatic rings. The third-order valence-electron chi connectivity index (χ3n) is 6.20. The van der Waals surface area contributed by atoms with E-state index < -0.39 is 0 Å². The Bertz CT molecular complexity index is 480. The summed E-state index contributed by atoms with van der Waals surface area (Å²) in [5.74, 6) is 1.05. The van der Waals surface area contributed by atoms with Gasteiger partial charge in [0.1, 0.15) is 6.29 Å². The maximum atomic E-state index is 11.6. The van der Waals surface area contributed by atoms with Crippen LogP contribution >= 0.6 is 0 Å². The zero-order valence-corrected chi connectivity index (χ0v) is 14.1. The number of hydrogen-bond acceptors (Lipinski definition) is 1. The summed E-state index contributed by atoms with van der Waals surface area (Å²) < 4.78 is 0. The highest BCUT2D eigenvalue weighted by Crippen LogP contribution is 2.60. The lowest BCUT2D eigenvalue weighted by Crippen LogP contribution is -2.48. The van der Waals surface area contributed by atoms with Crippen molar-refractivity contribution in [2.45, 2.75) is 59.8 Å². The van der Waals surface area contributed by atoms with Crippen LogP contribution in [0.25, 0.3) is 0 Å². The third-order valence-corrected chi connectivity index (χ3v) is 6.20. The van der Waals surface area contributed by atoms with Crippen LogP contribution in [0, 0.1) is 22.7 Å². The molecular weight excluding hydrogens is 256 g/mol. The van der Waals surface area contributed by atoms with Crippen molar-refractivity contribution in [1.29, 1.82) is 0 Å². The molecule has 0 spiro atoms. The highest BCUT2D eigenvalue weighted by atomic mass is 16.1. The van der Waals surface area contributed by atoms with Gasteiger partial charge in [-0.3, -0.25) is 4.79 Å². The molecule has 0 saturated heterocycles. The topological polar surface area (TPSA) is 17.1 Å². The minimum absolute atomic E-state index is 0.255. The van der Waals surface area contributed by atoms with E-state index in [-0.39, 0.29) is 5.41 Å². The predicted molar refractivity (Wildman–Crippen MR) is 90.1 cm³/mol. The van der Waals surface area contributed by atoms with Crippen LogP contribution in [0.1, 0.15) is 59.8 Å². The summed E-state index contributed by atoms with van der Waals surface area (Å²) in [5, 5.41) is 0. The number of hydrogen-bond donors (Lipinski definition) is 0. The lowest BCUT2D eigenvalue weighted by atomic mass is 9.48. The van der Waals surface area contributed by atoms with E-state index in [1.54, 1.807) is 0 Å². The maximum absolute atomic E-state index is 11.6. The lowest BCUT2D eigenvalue weighted by molar-refractivity contribution is -0.107. The Morgan fingerprint density at radius 2 is 2.10 bits per heavy atom. The van der Waals surface area contributed by atoms with Gasteiger partial charge in [-0.1, -0.05) is 57.6 Å². The van der Waals surface area contributed by atoms with E-state index in [2.05, 4.69) is 46.4 Å². The summed E-state index contributed by atoms with van der Waals surface area (Å²) in [6, 6.07) is 0. The molecule has 116 valence electrons. The van der Waals surface area contributed by atoms with E-state index in [0.29, 0.717) is 17.3 Å². The molecule has 1 fully saturated rings. The van der Waals surface area contributed by atoms with Crippen molar-refractivity contribution in [1.82, 2.24) is 0 Å². The maximum Gasteiger partial charge on any atom is 0.146 e. The highest BCUT2D eigenvalue weighted by molar-refractivity contribution is 5.74. The Balaban J connectivity index is 2.38. The normalized spacial score (nSPS) is 35.6. The fourth-order valence-corrected chi connectivity index (χ4v) is 4.87. The van der Waals surface area contributed by atoms with Gasteiger partial charge in [0.2, 0.25) is 0 Å². The lowest BCUT2D eigenvalue weighted by Gasteiger charge is -2.56. The zero-order valence-electron chi connectivity index (χ0n) is 14.1. The van der Waals surface area contributed by atoms with Crippen molar-refractivity contribution in [3.8, 4) is 0 Å². The average Bonchev–Trinajstić information content (AvgIpc) is 2.43. The monoisotopic (exact) mass is 286 g/mol. The molecule has 0 heterocycles. The van der Waals surface area contributed by atoms with Gasteiger partial charge in [0, 0.05) is 0 Å². The highest BCUT2D eigenvalue weighted by Gasteiger charge is 2.51. The van der Waals surface area contributed by atoms with Gasteiger partial charge in [0.05, 0.1) is 0 Å². The number of carbonyl (C=O) groups is 1. The van der Waals surface area contributed by atoms with E-state index in [1.165, 1.54) is 24.8 Å². The zero-order chi connectivity index (χ0) is 15.7. The first-order chi connectivity index (χ1) is 9.85. The molecular formula is C20H30O. The van der Waals surface area contributed by atoms with Crippen LogP contribution in [0.3, 0.4) is 0 Å². The molecule has 0 aromatic heterocycles. The standard InChI is InChI=1S/C20H30O/c1-6-15(2)8-10-17-16(14-21)9-11-18-19(3,4)12-7-13-20(17,18)5/h6,8-9,14,17-18H,1,7,10-13H2,2-5H3/b15-8+/t17-,18+,20+/m0/s1. The Hall–Kier alpha value is -1.11. The van der Waals surface area contributed by atoms with Crippen molar-refractivity contribution in [2.24, 2.45) is 22.7 Å². The molecule has 1 heteroatoms. The van der Waals surface area contributed by atoms with Crippen LogP contribution in [-0.4, -0.2) is 6.29 Å².